The van der Waals surface area contributed by atoms with Gasteiger partial charge in [0.1, 0.15) is 17.4 Å². The highest BCUT2D eigenvalue weighted by molar-refractivity contribution is 7.19. The molecule has 1 N–H and O–H groups in total. The van der Waals surface area contributed by atoms with Gasteiger partial charge < -0.3 is 9.84 Å². The van der Waals surface area contributed by atoms with Gasteiger partial charge >= 0.3 is 12.1 Å². The van der Waals surface area contributed by atoms with Crippen molar-refractivity contribution in [2.75, 3.05) is 0 Å². The Kier molecular flexibility index (Phi) is 6.16. The number of hydrogen-bond donors (Lipinski definition) is 1. The number of aryl methyl sites for hydroxylation is 2. The first-order valence-corrected chi connectivity index (χ1v) is 11.2. The topological polar surface area (TPSA) is 72.3 Å². The van der Waals surface area contributed by atoms with E-state index in [0.29, 0.717) is 22.7 Å². The molecule has 0 amide bonds. The van der Waals surface area contributed by atoms with Crippen LogP contribution in [-0.4, -0.2) is 21.0 Å². The molecule has 0 bridgehead atoms. The van der Waals surface area contributed by atoms with Crippen molar-refractivity contribution in [1.29, 1.82) is 0 Å². The van der Waals surface area contributed by atoms with Crippen LogP contribution in [0.5, 0.6) is 5.75 Å². The minimum atomic E-state index is -4.37. The van der Waals surface area contributed by atoms with Gasteiger partial charge in [-0.05, 0) is 31.2 Å². The zero-order chi connectivity index (χ0) is 22.9. The van der Waals surface area contributed by atoms with Crippen LogP contribution in [0.3, 0.4) is 0 Å². The van der Waals surface area contributed by atoms with Gasteiger partial charge in [0.15, 0.2) is 0 Å². The number of rotatable bonds is 7. The number of carboxylic acid groups (broad SMARTS) is 1. The number of carbonyl (C=O) groups is 1. The smallest absolute Gasteiger partial charge is 0.416 e. The number of hydrogen-bond acceptors (Lipinski definition) is 6. The molecule has 0 spiro atoms. The van der Waals surface area contributed by atoms with Gasteiger partial charge in [0.2, 0.25) is 0 Å². The highest BCUT2D eigenvalue weighted by atomic mass is 32.1. The molecule has 166 valence electrons. The minimum absolute atomic E-state index is 0.0167. The molecule has 10 heteroatoms. The lowest BCUT2D eigenvalue weighted by Crippen LogP contribution is -2.03. The maximum Gasteiger partial charge on any atom is 0.416 e. The van der Waals surface area contributed by atoms with Gasteiger partial charge in [-0.2, -0.15) is 13.2 Å². The third kappa shape index (κ3) is 4.91. The molecule has 0 unspecified atom stereocenters. The van der Waals surface area contributed by atoms with Crippen molar-refractivity contribution >= 4 is 38.9 Å². The summed E-state index contributed by atoms with van der Waals surface area (Å²) in [6, 6.07) is 10.4. The van der Waals surface area contributed by atoms with Crippen molar-refractivity contribution in [1.82, 2.24) is 9.97 Å². The number of nitrogens with zero attached hydrogens (tertiary/aromatic N) is 2. The third-order valence-corrected chi connectivity index (χ3v) is 7.01. The molecule has 0 fully saturated rings. The first-order valence-electron chi connectivity index (χ1n) is 9.57. The summed E-state index contributed by atoms with van der Waals surface area (Å²) in [6.45, 7) is 2.09. The Bertz CT molecular complexity index is 1260. The van der Waals surface area contributed by atoms with Crippen molar-refractivity contribution in [3.8, 4) is 16.3 Å². The average Bonchev–Trinajstić information content (AvgIpc) is 3.33. The lowest BCUT2D eigenvalue weighted by molar-refractivity contribution is -0.138. The summed E-state index contributed by atoms with van der Waals surface area (Å²) in [4.78, 5) is 20.6. The van der Waals surface area contributed by atoms with Gasteiger partial charge in [-0.1, -0.05) is 18.2 Å². The van der Waals surface area contributed by atoms with Crippen LogP contribution >= 0.6 is 22.7 Å². The fourth-order valence-electron chi connectivity index (χ4n) is 3.03. The van der Waals surface area contributed by atoms with Crippen LogP contribution in [0.4, 0.5) is 13.2 Å². The molecule has 4 aromatic rings. The lowest BCUT2D eigenvalue weighted by atomic mass is 10.1. The van der Waals surface area contributed by atoms with Gasteiger partial charge in [-0.3, -0.25) is 4.79 Å². The fraction of sp³-hybridized carbons (Fsp3) is 0.227. The van der Waals surface area contributed by atoms with E-state index in [0.717, 1.165) is 37.9 Å². The normalized spacial score (nSPS) is 11.8. The van der Waals surface area contributed by atoms with Crippen molar-refractivity contribution in [2.45, 2.75) is 32.5 Å². The van der Waals surface area contributed by atoms with Crippen LogP contribution in [0.25, 0.3) is 20.8 Å². The molecule has 0 saturated carbocycles. The second-order valence-corrected chi connectivity index (χ2v) is 9.16. The van der Waals surface area contributed by atoms with Gasteiger partial charge in [-0.15, -0.1) is 22.7 Å². The number of carboxylic acids is 1. The molecule has 32 heavy (non-hydrogen) atoms. The Morgan fingerprint density at radius 2 is 1.84 bits per heavy atom. The molecule has 0 aliphatic carbocycles. The van der Waals surface area contributed by atoms with Crippen LogP contribution in [-0.2, 0) is 24.0 Å². The first-order chi connectivity index (χ1) is 15.2. The third-order valence-electron chi connectivity index (χ3n) is 4.69. The van der Waals surface area contributed by atoms with E-state index >= 15 is 0 Å². The number of aliphatic carboxylic acids is 1. The summed E-state index contributed by atoms with van der Waals surface area (Å²) in [7, 11) is 0. The van der Waals surface area contributed by atoms with E-state index < -0.39 is 17.7 Å². The molecule has 0 aliphatic rings. The number of alkyl halides is 3. The Balaban J connectivity index is 1.50. The number of benzene rings is 2. The second-order valence-electron chi connectivity index (χ2n) is 7.00. The molecule has 0 atom stereocenters. The predicted molar refractivity (Wildman–Crippen MR) is 117 cm³/mol. The maximum atomic E-state index is 12.8. The molecule has 0 aliphatic heterocycles. The zero-order valence-corrected chi connectivity index (χ0v) is 18.4. The van der Waals surface area contributed by atoms with E-state index in [2.05, 4.69) is 9.97 Å². The van der Waals surface area contributed by atoms with E-state index in [1.54, 1.807) is 0 Å². The van der Waals surface area contributed by atoms with Crippen LogP contribution in [0.1, 0.15) is 27.6 Å². The fourth-order valence-corrected chi connectivity index (χ4v) is 5.05. The molecular formula is C22H17F3N2O3S2. The monoisotopic (exact) mass is 478 g/mol. The number of ether oxygens (including phenoxy) is 1. The number of fused-ring (bicyclic) bond motifs is 1. The van der Waals surface area contributed by atoms with Crippen molar-refractivity contribution in [3.63, 3.8) is 0 Å². The highest BCUT2D eigenvalue weighted by Gasteiger charge is 2.30. The van der Waals surface area contributed by atoms with Crippen molar-refractivity contribution in [2.24, 2.45) is 0 Å². The van der Waals surface area contributed by atoms with Crippen molar-refractivity contribution in [3.05, 3.63) is 63.6 Å². The Morgan fingerprint density at radius 3 is 2.53 bits per heavy atom. The summed E-state index contributed by atoms with van der Waals surface area (Å²) in [5, 5.41) is 10.2. The Hall–Kier alpha value is -2.98. The summed E-state index contributed by atoms with van der Waals surface area (Å²) in [6.07, 6.45) is -4.00. The van der Waals surface area contributed by atoms with E-state index in [4.69, 9.17) is 9.84 Å². The van der Waals surface area contributed by atoms with E-state index in [-0.39, 0.29) is 13.0 Å². The maximum absolute atomic E-state index is 12.8. The molecule has 5 nitrogen and oxygen atoms in total. The standard InChI is InChI=1S/C22H17F3N2O3S2/c1-12-17(31-21(26-12)13-5-7-14(8-6-13)22(23,24)25)11-30-16-4-2-3-15-20(16)32-18(27-15)9-10-19(28)29/h2-8H,9-11H2,1H3,(H,28,29). The summed E-state index contributed by atoms with van der Waals surface area (Å²) >= 11 is 2.78. The van der Waals surface area contributed by atoms with Gasteiger partial charge in [0.25, 0.3) is 0 Å². The van der Waals surface area contributed by atoms with Crippen LogP contribution in [0, 0.1) is 6.92 Å². The summed E-state index contributed by atoms with van der Waals surface area (Å²) in [5.74, 6) is -0.226. The SMILES string of the molecule is Cc1nc(-c2ccc(C(F)(F)F)cc2)sc1COc1cccc2nc(CCC(=O)O)sc12. The molecule has 4 rings (SSSR count). The molecule has 2 aromatic carbocycles. The van der Waals surface area contributed by atoms with E-state index in [1.165, 1.54) is 34.8 Å². The van der Waals surface area contributed by atoms with E-state index in [9.17, 15) is 18.0 Å². The van der Waals surface area contributed by atoms with E-state index in [1.807, 2.05) is 25.1 Å². The first kappa shape index (κ1) is 22.2. The molecule has 0 radical (unpaired) electrons. The second kappa shape index (κ2) is 8.87. The number of halogens is 3. The van der Waals surface area contributed by atoms with Crippen molar-refractivity contribution < 1.29 is 27.8 Å². The van der Waals surface area contributed by atoms with Crippen LogP contribution in [0.15, 0.2) is 42.5 Å². The molecule has 2 heterocycles. The summed E-state index contributed by atoms with van der Waals surface area (Å²) in [5.41, 5.74) is 1.42. The number of aromatic nitrogens is 2. The van der Waals surface area contributed by atoms with Gasteiger partial charge in [-0.25, -0.2) is 9.97 Å². The number of thiazole rings is 2. The molecule has 0 saturated heterocycles. The quantitative estimate of drug-likeness (QED) is 0.335. The zero-order valence-electron chi connectivity index (χ0n) is 16.8. The van der Waals surface area contributed by atoms with Crippen LogP contribution in [0.2, 0.25) is 0 Å². The molecular weight excluding hydrogens is 461 g/mol. The largest absolute Gasteiger partial charge is 0.486 e. The lowest BCUT2D eigenvalue weighted by Gasteiger charge is -2.06. The Labute approximate surface area is 189 Å². The minimum Gasteiger partial charge on any atom is -0.486 e. The van der Waals surface area contributed by atoms with Gasteiger partial charge in [0, 0.05) is 12.0 Å². The predicted octanol–water partition coefficient (Wildman–Crippen LogP) is 6.34. The summed E-state index contributed by atoms with van der Waals surface area (Å²) < 4.78 is 45.2. The highest BCUT2D eigenvalue weighted by Crippen LogP contribution is 2.35. The van der Waals surface area contributed by atoms with Gasteiger partial charge in [0.05, 0.1) is 37.8 Å². The van der Waals surface area contributed by atoms with Crippen LogP contribution < -0.4 is 4.74 Å². The Morgan fingerprint density at radius 1 is 1.09 bits per heavy atom. The molecule has 2 aromatic heterocycles. The average molecular weight is 479 g/mol.